The smallest absolute Gasteiger partial charge is 0.407 e. The summed E-state index contributed by atoms with van der Waals surface area (Å²) < 4.78 is 19.2. The van der Waals surface area contributed by atoms with Crippen LogP contribution in [0.15, 0.2) is 6.20 Å². The molecule has 0 aliphatic rings. The molecule has 10 heteroatoms. The number of rotatable bonds is 8. The maximum atomic E-state index is 12.5. The lowest BCUT2D eigenvalue weighted by atomic mass is 10.2. The van der Waals surface area contributed by atoms with E-state index in [1.54, 1.807) is 38.6 Å². The van der Waals surface area contributed by atoms with Crippen molar-refractivity contribution < 1.29 is 23.5 Å². The Balaban J connectivity index is 3.13. The van der Waals surface area contributed by atoms with Crippen molar-refractivity contribution in [2.24, 2.45) is 0 Å². The molecule has 1 atom stereocenters. The number of carbonyl (C=O) groups excluding carboxylic acids is 2. The van der Waals surface area contributed by atoms with Gasteiger partial charge in [-0.2, -0.15) is 5.10 Å². The Kier molecular flexibility index (Phi) is 9.36. The molecule has 0 bridgehead atoms. The molecule has 0 aliphatic carbocycles. The maximum Gasteiger partial charge on any atom is 0.407 e. The van der Waals surface area contributed by atoms with E-state index in [4.69, 9.17) is 13.9 Å². The number of nitrogens with zero attached hydrogens (tertiary/aromatic N) is 2. The molecule has 0 aliphatic heterocycles. The third-order valence-corrected chi connectivity index (χ3v) is 10.2. The lowest BCUT2D eigenvalue weighted by Crippen LogP contribution is -2.44. The Hall–Kier alpha value is -1.14. The van der Waals surface area contributed by atoms with E-state index in [1.807, 2.05) is 0 Å². The van der Waals surface area contributed by atoms with Gasteiger partial charge < -0.3 is 19.2 Å². The van der Waals surface area contributed by atoms with Crippen molar-refractivity contribution in [2.75, 3.05) is 19.8 Å². The van der Waals surface area contributed by atoms with Crippen molar-refractivity contribution in [1.82, 2.24) is 15.1 Å². The van der Waals surface area contributed by atoms with Crippen molar-refractivity contribution in [3.8, 4) is 0 Å². The van der Waals surface area contributed by atoms with Gasteiger partial charge in [-0.15, -0.1) is 0 Å². The molecule has 0 spiro atoms. The summed E-state index contributed by atoms with van der Waals surface area (Å²) in [5.41, 5.74) is -0.249. The van der Waals surface area contributed by atoms with Crippen LogP contribution in [0.5, 0.6) is 0 Å². The number of hydrogen-bond donors (Lipinski definition) is 1. The van der Waals surface area contributed by atoms with Gasteiger partial charge in [-0.3, -0.25) is 0 Å². The zero-order chi connectivity index (χ0) is 23.3. The number of nitrogens with one attached hydrogen (secondary N) is 1. The van der Waals surface area contributed by atoms with Gasteiger partial charge in [0.2, 0.25) is 0 Å². The number of halogens is 1. The van der Waals surface area contributed by atoms with E-state index in [-0.39, 0.29) is 18.2 Å². The average molecular weight is 554 g/mol. The van der Waals surface area contributed by atoms with Crippen LogP contribution in [-0.2, 0) is 13.9 Å². The van der Waals surface area contributed by atoms with Gasteiger partial charge in [0.05, 0.1) is 29.0 Å². The average Bonchev–Trinajstić information content (AvgIpc) is 2.94. The first kappa shape index (κ1) is 26.9. The summed E-state index contributed by atoms with van der Waals surface area (Å²) >= 11 is 2.06. The first-order chi connectivity index (χ1) is 13.6. The highest BCUT2D eigenvalue weighted by Gasteiger charge is 2.38. The minimum Gasteiger partial charge on any atom is -0.461 e. The summed E-state index contributed by atoms with van der Waals surface area (Å²) in [6.45, 7) is 18.7. The molecule has 1 amide bonds. The molecule has 1 rings (SSSR count). The van der Waals surface area contributed by atoms with E-state index in [9.17, 15) is 9.59 Å². The van der Waals surface area contributed by atoms with Crippen LogP contribution < -0.4 is 5.32 Å². The van der Waals surface area contributed by atoms with Gasteiger partial charge in [-0.05, 0) is 68.4 Å². The second kappa shape index (κ2) is 10.4. The van der Waals surface area contributed by atoms with Crippen molar-refractivity contribution >= 4 is 43.0 Å². The summed E-state index contributed by atoms with van der Waals surface area (Å²) in [7, 11) is -2.05. The number of aromatic nitrogens is 2. The minimum absolute atomic E-state index is 0.0264. The highest BCUT2D eigenvalue weighted by atomic mass is 127. The molecule has 0 fully saturated rings. The fraction of sp³-hybridized carbons (Fsp3) is 0.750. The van der Waals surface area contributed by atoms with Crippen LogP contribution in [0.1, 0.15) is 65.0 Å². The van der Waals surface area contributed by atoms with Crippen molar-refractivity contribution in [1.29, 1.82) is 0 Å². The Morgan fingerprint density at radius 1 is 1.23 bits per heavy atom. The molecule has 1 unspecified atom stereocenters. The van der Waals surface area contributed by atoms with E-state index >= 15 is 0 Å². The highest BCUT2D eigenvalue weighted by molar-refractivity contribution is 14.1. The Bertz CT molecular complexity index is 738. The van der Waals surface area contributed by atoms with Crippen LogP contribution in [0.3, 0.4) is 0 Å². The van der Waals surface area contributed by atoms with Gasteiger partial charge in [0.1, 0.15) is 5.60 Å². The quantitative estimate of drug-likeness (QED) is 0.284. The van der Waals surface area contributed by atoms with Crippen LogP contribution in [-0.4, -0.2) is 55.5 Å². The fourth-order valence-electron chi connectivity index (χ4n) is 2.26. The second-order valence-corrected chi connectivity index (χ2v) is 15.6. The van der Waals surface area contributed by atoms with Gasteiger partial charge >= 0.3 is 12.1 Å². The van der Waals surface area contributed by atoms with E-state index in [1.165, 1.54) is 0 Å². The number of alkyl carbamates (subject to hydrolysis) is 1. The zero-order valence-electron chi connectivity index (χ0n) is 19.6. The van der Waals surface area contributed by atoms with Crippen LogP contribution in [0.25, 0.3) is 0 Å². The molecule has 0 saturated carbocycles. The molecule has 172 valence electrons. The van der Waals surface area contributed by atoms with Crippen LogP contribution in [0, 0.1) is 3.57 Å². The molecule has 1 aromatic heterocycles. The van der Waals surface area contributed by atoms with Crippen molar-refractivity contribution in [3.63, 3.8) is 0 Å². The number of carbonyl (C=O) groups is 2. The lowest BCUT2D eigenvalue weighted by Gasteiger charge is -2.37. The standard InChI is InChI=1S/C20H36IN3O5Si/c1-10-27-17(25)16-15(21)12-23-24(16)14(11-22-18(26)29-19(2,3)4)13-28-30(8,9)20(5,6)7/h12,14H,10-11,13H2,1-9H3,(H,22,26). The Morgan fingerprint density at radius 2 is 1.83 bits per heavy atom. The highest BCUT2D eigenvalue weighted by Crippen LogP contribution is 2.37. The van der Waals surface area contributed by atoms with Crippen molar-refractivity contribution in [3.05, 3.63) is 15.5 Å². The molecular formula is C20H36IN3O5Si. The molecule has 1 aromatic rings. The first-order valence-electron chi connectivity index (χ1n) is 10.1. The number of hydrogen-bond acceptors (Lipinski definition) is 6. The molecule has 0 radical (unpaired) electrons. The maximum absolute atomic E-state index is 12.5. The van der Waals surface area contributed by atoms with Gasteiger partial charge in [0.15, 0.2) is 14.0 Å². The first-order valence-corrected chi connectivity index (χ1v) is 14.1. The topological polar surface area (TPSA) is 91.7 Å². The minimum atomic E-state index is -2.05. The SMILES string of the molecule is CCOC(=O)c1c(I)cnn1C(CNC(=O)OC(C)(C)C)CO[Si](C)(C)C(C)(C)C. The molecule has 8 nitrogen and oxygen atoms in total. The Morgan fingerprint density at radius 3 is 2.33 bits per heavy atom. The summed E-state index contributed by atoms with van der Waals surface area (Å²) in [4.78, 5) is 24.7. The fourth-order valence-corrected chi connectivity index (χ4v) is 3.89. The predicted molar refractivity (Wildman–Crippen MR) is 127 cm³/mol. The van der Waals surface area contributed by atoms with Gasteiger partial charge in [0.25, 0.3) is 0 Å². The van der Waals surface area contributed by atoms with Crippen LogP contribution in [0.2, 0.25) is 18.1 Å². The molecule has 0 aromatic carbocycles. The summed E-state index contributed by atoms with van der Waals surface area (Å²) in [5, 5.41) is 7.19. The third kappa shape index (κ3) is 7.84. The molecule has 1 heterocycles. The normalized spacial score (nSPS) is 13.7. The largest absolute Gasteiger partial charge is 0.461 e. The monoisotopic (exact) mass is 553 g/mol. The van der Waals surface area contributed by atoms with Gasteiger partial charge in [-0.25, -0.2) is 14.3 Å². The van der Waals surface area contributed by atoms with Gasteiger partial charge in [0, 0.05) is 6.54 Å². The van der Waals surface area contributed by atoms with Gasteiger partial charge in [-0.1, -0.05) is 20.8 Å². The Labute approximate surface area is 194 Å². The molecular weight excluding hydrogens is 517 g/mol. The summed E-state index contributed by atoms with van der Waals surface area (Å²) in [6.07, 6.45) is 1.08. The number of amides is 1. The number of esters is 1. The summed E-state index contributed by atoms with van der Waals surface area (Å²) in [6, 6.07) is -0.394. The summed E-state index contributed by atoms with van der Waals surface area (Å²) in [5.74, 6) is -0.450. The predicted octanol–water partition coefficient (Wildman–Crippen LogP) is 4.75. The van der Waals surface area contributed by atoms with Crippen LogP contribution in [0.4, 0.5) is 4.79 Å². The second-order valence-electron chi connectivity index (χ2n) is 9.61. The van der Waals surface area contributed by atoms with E-state index < -0.39 is 32.0 Å². The van der Waals surface area contributed by atoms with E-state index in [0.717, 1.165) is 0 Å². The van der Waals surface area contributed by atoms with E-state index in [2.05, 4.69) is 66.9 Å². The molecule has 30 heavy (non-hydrogen) atoms. The van der Waals surface area contributed by atoms with Crippen molar-refractivity contribution in [2.45, 2.75) is 78.2 Å². The zero-order valence-corrected chi connectivity index (χ0v) is 22.7. The molecule has 0 saturated heterocycles. The molecule has 1 N–H and O–H groups in total. The number of ether oxygens (including phenoxy) is 2. The third-order valence-electron chi connectivity index (χ3n) is 4.89. The lowest BCUT2D eigenvalue weighted by molar-refractivity contribution is 0.0499. The van der Waals surface area contributed by atoms with Crippen LogP contribution >= 0.6 is 22.6 Å². The van der Waals surface area contributed by atoms with E-state index in [0.29, 0.717) is 15.9 Å².